The Morgan fingerprint density at radius 2 is 2.03 bits per heavy atom. The van der Waals surface area contributed by atoms with Gasteiger partial charge in [-0.05, 0) is 42.5 Å². The van der Waals surface area contributed by atoms with E-state index in [4.69, 9.17) is 21.1 Å². The van der Waals surface area contributed by atoms with Crippen LogP contribution in [0.5, 0.6) is 0 Å². The number of methoxy groups -OCH3 is 1. The molecular weight excluding hydrogens is 503 g/mol. The van der Waals surface area contributed by atoms with Gasteiger partial charge in [0.25, 0.3) is 0 Å². The smallest absolute Gasteiger partial charge is 0.410 e. The van der Waals surface area contributed by atoms with Crippen molar-refractivity contribution in [2.45, 2.75) is 55.8 Å². The quantitative estimate of drug-likeness (QED) is 0.469. The van der Waals surface area contributed by atoms with Crippen LogP contribution < -0.4 is 0 Å². The summed E-state index contributed by atoms with van der Waals surface area (Å²) in [6.07, 6.45) is -0.0878. The maximum Gasteiger partial charge on any atom is 0.410 e. The molecule has 0 radical (unpaired) electrons. The second-order valence-corrected chi connectivity index (χ2v) is 9.78. The molecule has 198 valence electrons. The zero-order valence-corrected chi connectivity index (χ0v) is 21.2. The number of carboxylic acid groups (broad SMARTS) is 1. The fraction of sp³-hybridized carbons (Fsp3) is 0.444. The SMILES string of the molecule is CO[C@H]1CC[C@@H](N(CCC=O)C(=O)O)C(c2ccc(Cl)c(F)c2)[C@@H]1N1C(=O)OC[C@H]1Cc1ccccc1. The molecule has 5 atom stereocenters. The lowest BCUT2D eigenvalue weighted by molar-refractivity contribution is -0.108. The lowest BCUT2D eigenvalue weighted by Gasteiger charge is -2.49. The van der Waals surface area contributed by atoms with Crippen molar-refractivity contribution in [1.29, 1.82) is 0 Å². The second kappa shape index (κ2) is 11.9. The molecule has 0 spiro atoms. The largest absolute Gasteiger partial charge is 0.465 e. The number of nitrogens with zero attached hydrogens (tertiary/aromatic N) is 2. The van der Waals surface area contributed by atoms with E-state index in [0.29, 0.717) is 31.1 Å². The van der Waals surface area contributed by atoms with Crippen LogP contribution in [0.15, 0.2) is 48.5 Å². The molecule has 1 aliphatic heterocycles. The third-order valence-corrected chi connectivity index (χ3v) is 7.62. The van der Waals surface area contributed by atoms with Gasteiger partial charge in [0.15, 0.2) is 0 Å². The minimum absolute atomic E-state index is 0.0155. The number of hydrogen-bond acceptors (Lipinski definition) is 5. The van der Waals surface area contributed by atoms with Crippen molar-refractivity contribution in [3.05, 3.63) is 70.5 Å². The summed E-state index contributed by atoms with van der Waals surface area (Å²) in [6, 6.07) is 12.4. The van der Waals surface area contributed by atoms with Crippen LogP contribution in [0.25, 0.3) is 0 Å². The molecule has 2 aromatic rings. The summed E-state index contributed by atoms with van der Waals surface area (Å²) in [5, 5.41) is 10.0. The molecule has 1 saturated heterocycles. The van der Waals surface area contributed by atoms with Crippen molar-refractivity contribution in [3.63, 3.8) is 0 Å². The predicted molar refractivity (Wildman–Crippen MR) is 134 cm³/mol. The number of carbonyl (C=O) groups is 3. The zero-order valence-electron chi connectivity index (χ0n) is 20.5. The highest BCUT2D eigenvalue weighted by molar-refractivity contribution is 6.30. The first-order chi connectivity index (χ1) is 17.8. The first kappa shape index (κ1) is 26.9. The molecule has 1 saturated carbocycles. The van der Waals surface area contributed by atoms with Crippen molar-refractivity contribution < 1.29 is 33.4 Å². The van der Waals surface area contributed by atoms with Gasteiger partial charge in [-0.25, -0.2) is 14.0 Å². The number of aldehydes is 1. The van der Waals surface area contributed by atoms with Crippen LogP contribution in [-0.4, -0.2) is 77.9 Å². The van der Waals surface area contributed by atoms with E-state index in [2.05, 4.69) is 0 Å². The predicted octanol–water partition coefficient (Wildman–Crippen LogP) is 4.74. The van der Waals surface area contributed by atoms with Gasteiger partial charge in [-0.3, -0.25) is 4.90 Å². The summed E-state index contributed by atoms with van der Waals surface area (Å²) in [5.41, 5.74) is 1.51. The molecule has 37 heavy (non-hydrogen) atoms. The van der Waals surface area contributed by atoms with Crippen LogP contribution in [0.1, 0.15) is 36.3 Å². The van der Waals surface area contributed by atoms with Crippen molar-refractivity contribution in [2.75, 3.05) is 20.3 Å². The van der Waals surface area contributed by atoms with E-state index < -0.39 is 42.1 Å². The van der Waals surface area contributed by atoms with Crippen LogP contribution in [-0.2, 0) is 20.7 Å². The van der Waals surface area contributed by atoms with Crippen LogP contribution in [0.2, 0.25) is 5.02 Å². The Morgan fingerprint density at radius 1 is 1.27 bits per heavy atom. The van der Waals surface area contributed by atoms with Crippen LogP contribution in [0, 0.1) is 5.82 Å². The molecule has 1 aliphatic carbocycles. The molecule has 1 heterocycles. The third-order valence-electron chi connectivity index (χ3n) is 7.31. The van der Waals surface area contributed by atoms with Gasteiger partial charge in [-0.1, -0.05) is 48.0 Å². The molecule has 10 heteroatoms. The van der Waals surface area contributed by atoms with Gasteiger partial charge in [0.05, 0.1) is 23.2 Å². The number of ether oxygens (including phenoxy) is 2. The molecule has 8 nitrogen and oxygen atoms in total. The Balaban J connectivity index is 1.81. The highest BCUT2D eigenvalue weighted by Gasteiger charge is 2.52. The Bertz CT molecular complexity index is 1120. The zero-order chi connectivity index (χ0) is 26.5. The van der Waals surface area contributed by atoms with E-state index in [0.717, 1.165) is 5.56 Å². The van der Waals surface area contributed by atoms with Crippen molar-refractivity contribution in [1.82, 2.24) is 9.80 Å². The molecular formula is C27H30ClFN2O6. The van der Waals surface area contributed by atoms with E-state index in [1.807, 2.05) is 30.3 Å². The number of rotatable bonds is 9. The van der Waals surface area contributed by atoms with Crippen molar-refractivity contribution in [2.24, 2.45) is 0 Å². The Hall–Kier alpha value is -3.17. The van der Waals surface area contributed by atoms with Gasteiger partial charge in [0.2, 0.25) is 0 Å². The van der Waals surface area contributed by atoms with E-state index in [-0.39, 0.29) is 30.6 Å². The van der Waals surface area contributed by atoms with Crippen molar-refractivity contribution in [3.8, 4) is 0 Å². The molecule has 2 amide bonds. The lowest BCUT2D eigenvalue weighted by Crippen LogP contribution is -2.60. The van der Waals surface area contributed by atoms with E-state index >= 15 is 0 Å². The lowest BCUT2D eigenvalue weighted by atomic mass is 9.73. The molecule has 1 unspecified atom stereocenters. The Morgan fingerprint density at radius 3 is 2.68 bits per heavy atom. The van der Waals surface area contributed by atoms with Crippen LogP contribution in [0.4, 0.5) is 14.0 Å². The highest BCUT2D eigenvalue weighted by Crippen LogP contribution is 2.43. The summed E-state index contributed by atoms with van der Waals surface area (Å²) in [4.78, 5) is 39.5. The van der Waals surface area contributed by atoms with E-state index in [1.165, 1.54) is 17.0 Å². The normalized spacial score (nSPS) is 25.5. The summed E-state index contributed by atoms with van der Waals surface area (Å²) in [5.74, 6) is -1.30. The van der Waals surface area contributed by atoms with Gasteiger partial charge < -0.3 is 24.3 Å². The molecule has 2 aromatic carbocycles. The second-order valence-electron chi connectivity index (χ2n) is 9.37. The van der Waals surface area contributed by atoms with Gasteiger partial charge >= 0.3 is 12.2 Å². The minimum atomic E-state index is -1.19. The number of cyclic esters (lactones) is 1. The molecule has 4 rings (SSSR count). The summed E-state index contributed by atoms with van der Waals surface area (Å²) < 4.78 is 26.0. The maximum atomic E-state index is 14.7. The first-order valence-electron chi connectivity index (χ1n) is 12.3. The number of benzene rings is 2. The fourth-order valence-corrected chi connectivity index (χ4v) is 5.84. The average Bonchev–Trinajstić information content (AvgIpc) is 3.25. The van der Waals surface area contributed by atoms with Gasteiger partial charge in [0.1, 0.15) is 18.7 Å². The minimum Gasteiger partial charge on any atom is -0.465 e. The Labute approximate surface area is 219 Å². The number of carbonyl (C=O) groups excluding carboxylic acids is 2. The monoisotopic (exact) mass is 532 g/mol. The third kappa shape index (κ3) is 5.72. The van der Waals surface area contributed by atoms with E-state index in [9.17, 15) is 23.9 Å². The summed E-state index contributed by atoms with van der Waals surface area (Å²) in [7, 11) is 1.55. The fourth-order valence-electron chi connectivity index (χ4n) is 5.72. The first-order valence-corrected chi connectivity index (χ1v) is 12.6. The molecule has 1 N–H and O–H groups in total. The van der Waals surface area contributed by atoms with E-state index in [1.54, 1.807) is 18.1 Å². The van der Waals surface area contributed by atoms with Crippen molar-refractivity contribution >= 4 is 30.1 Å². The maximum absolute atomic E-state index is 14.7. The molecule has 0 bridgehead atoms. The van der Waals surface area contributed by atoms with Crippen LogP contribution >= 0.6 is 11.6 Å². The van der Waals surface area contributed by atoms with Crippen LogP contribution in [0.3, 0.4) is 0 Å². The highest BCUT2D eigenvalue weighted by atomic mass is 35.5. The van der Waals surface area contributed by atoms with Gasteiger partial charge in [-0.2, -0.15) is 0 Å². The average molecular weight is 533 g/mol. The topological polar surface area (TPSA) is 96.4 Å². The number of halogens is 2. The van der Waals surface area contributed by atoms with Gasteiger partial charge in [-0.15, -0.1) is 0 Å². The molecule has 2 fully saturated rings. The van der Waals surface area contributed by atoms with Gasteiger partial charge in [0, 0.05) is 32.0 Å². The summed E-state index contributed by atoms with van der Waals surface area (Å²) in [6.45, 7) is 0.152. The molecule has 2 aliphatic rings. The number of hydrogen-bond donors (Lipinski definition) is 1. The Kier molecular flexibility index (Phi) is 8.66. The summed E-state index contributed by atoms with van der Waals surface area (Å²) >= 11 is 5.97. The standard InChI is InChI=1S/C27H30ClFN2O6/c1-36-23-11-10-22(30(26(33)34)12-5-13-32)24(18-8-9-20(28)21(29)15-18)25(23)31-19(16-37-27(31)35)14-17-6-3-2-4-7-17/h2-4,6-9,13,15,19,22-25H,5,10-12,14,16H2,1H3,(H,33,34)/t19-,22-,23+,24?,25-/m1/s1. The molecule has 0 aromatic heterocycles. The number of amides is 2.